The van der Waals surface area contributed by atoms with E-state index in [9.17, 15) is 14.7 Å². The highest BCUT2D eigenvalue weighted by Crippen LogP contribution is 2.48. The van der Waals surface area contributed by atoms with Gasteiger partial charge in [0.1, 0.15) is 5.60 Å². The Kier molecular flexibility index (Phi) is 10.2. The van der Waals surface area contributed by atoms with Gasteiger partial charge in [0.2, 0.25) is 11.8 Å². The number of methoxy groups -OCH3 is 1. The van der Waals surface area contributed by atoms with Crippen LogP contribution in [0.5, 0.6) is 0 Å². The standard InChI is InChI=1S/C31H45N3O7/c1-18(7-10-24-14-23(15-28(36)38-6)16-31(17-39-31)29(24)37)8-11-26-20(3)13-25(21(4)40-26)33-27(35)12-9-19(2)30-32-22(5)41-34-30/h7-10,12,19-21,23-26,29,37H,11,13-17H2,1-6H3,(H,33,35)/b10-7+,12-9-,18-8+/t19?,20-,21+,23+,24-,25+,26-,29+,31+/m0/s1. The summed E-state index contributed by atoms with van der Waals surface area (Å²) < 4.78 is 21.8. The van der Waals surface area contributed by atoms with Crippen molar-refractivity contribution in [1.82, 2.24) is 15.5 Å². The summed E-state index contributed by atoms with van der Waals surface area (Å²) in [6, 6.07) is -0.0752. The summed E-state index contributed by atoms with van der Waals surface area (Å²) in [5, 5.41) is 17.9. The Morgan fingerprint density at radius 3 is 2.68 bits per heavy atom. The van der Waals surface area contributed by atoms with Gasteiger partial charge in [0.25, 0.3) is 0 Å². The van der Waals surface area contributed by atoms with E-state index in [1.54, 1.807) is 13.0 Å². The maximum Gasteiger partial charge on any atom is 0.305 e. The van der Waals surface area contributed by atoms with E-state index in [2.05, 4.69) is 34.5 Å². The van der Waals surface area contributed by atoms with Crippen LogP contribution in [0.2, 0.25) is 0 Å². The zero-order chi connectivity index (χ0) is 29.7. The first-order valence-corrected chi connectivity index (χ1v) is 14.7. The normalized spacial score (nSPS) is 34.7. The topological polar surface area (TPSA) is 136 Å². The van der Waals surface area contributed by atoms with Crippen molar-refractivity contribution in [3.63, 3.8) is 0 Å². The van der Waals surface area contributed by atoms with Gasteiger partial charge in [0.05, 0.1) is 38.1 Å². The molecule has 1 saturated carbocycles. The predicted molar refractivity (Wildman–Crippen MR) is 152 cm³/mol. The van der Waals surface area contributed by atoms with Crippen molar-refractivity contribution in [2.45, 2.75) is 103 Å². The number of aromatic nitrogens is 2. The van der Waals surface area contributed by atoms with Crippen LogP contribution in [0.1, 0.15) is 77.4 Å². The highest BCUT2D eigenvalue weighted by molar-refractivity contribution is 5.87. The van der Waals surface area contributed by atoms with Gasteiger partial charge >= 0.3 is 5.97 Å². The third-order valence-corrected chi connectivity index (χ3v) is 8.69. The number of aliphatic hydroxyl groups is 1. The monoisotopic (exact) mass is 571 g/mol. The molecule has 2 N–H and O–H groups in total. The van der Waals surface area contributed by atoms with Gasteiger partial charge in [-0.2, -0.15) is 4.98 Å². The third kappa shape index (κ3) is 8.14. The van der Waals surface area contributed by atoms with Crippen LogP contribution in [0.4, 0.5) is 0 Å². The van der Waals surface area contributed by atoms with Crippen LogP contribution in [0.15, 0.2) is 40.5 Å². The maximum absolute atomic E-state index is 12.6. The lowest BCUT2D eigenvalue weighted by molar-refractivity contribution is -0.142. The minimum atomic E-state index is -0.573. The molecule has 10 heteroatoms. The van der Waals surface area contributed by atoms with Crippen molar-refractivity contribution in [3.05, 3.63) is 47.7 Å². The minimum absolute atomic E-state index is 0.0476. The summed E-state index contributed by atoms with van der Waals surface area (Å²) >= 11 is 0. The summed E-state index contributed by atoms with van der Waals surface area (Å²) in [5.41, 5.74) is 0.575. The molecule has 0 bridgehead atoms. The summed E-state index contributed by atoms with van der Waals surface area (Å²) in [7, 11) is 1.41. The molecule has 1 unspecified atom stereocenters. The molecule has 4 rings (SSSR count). The summed E-state index contributed by atoms with van der Waals surface area (Å²) in [4.78, 5) is 28.6. The van der Waals surface area contributed by atoms with E-state index in [0.29, 0.717) is 31.2 Å². The first kappa shape index (κ1) is 31.1. The average molecular weight is 572 g/mol. The van der Waals surface area contributed by atoms with Crippen LogP contribution >= 0.6 is 0 Å². The first-order chi connectivity index (χ1) is 19.5. The average Bonchev–Trinajstić information content (AvgIpc) is 3.57. The molecule has 0 radical (unpaired) electrons. The number of nitrogens with one attached hydrogen (secondary N) is 1. The molecular weight excluding hydrogens is 526 g/mol. The molecule has 0 aromatic carbocycles. The van der Waals surface area contributed by atoms with Crippen molar-refractivity contribution in [2.24, 2.45) is 17.8 Å². The molecular formula is C31H45N3O7. The fraction of sp³-hybridized carbons (Fsp3) is 0.677. The molecule has 1 aromatic heterocycles. The van der Waals surface area contributed by atoms with Crippen LogP contribution in [-0.4, -0.2) is 70.8 Å². The summed E-state index contributed by atoms with van der Waals surface area (Å²) in [5.74, 6) is 0.852. The van der Waals surface area contributed by atoms with Gasteiger partial charge in [0.15, 0.2) is 5.82 Å². The highest BCUT2D eigenvalue weighted by atomic mass is 16.6. The van der Waals surface area contributed by atoms with Crippen molar-refractivity contribution in [2.75, 3.05) is 13.7 Å². The summed E-state index contributed by atoms with van der Waals surface area (Å²) in [6.45, 7) is 10.4. The van der Waals surface area contributed by atoms with Crippen LogP contribution < -0.4 is 5.32 Å². The number of hydrogen-bond donors (Lipinski definition) is 2. The molecule has 9 atom stereocenters. The quantitative estimate of drug-likeness (QED) is 0.185. The van der Waals surface area contributed by atoms with Gasteiger partial charge in [-0.15, -0.1) is 0 Å². The van der Waals surface area contributed by atoms with E-state index in [1.807, 2.05) is 26.8 Å². The Balaban J connectivity index is 1.26. The summed E-state index contributed by atoms with van der Waals surface area (Å²) in [6.07, 6.45) is 12.3. The number of rotatable bonds is 10. The largest absolute Gasteiger partial charge is 0.469 e. The lowest BCUT2D eigenvalue weighted by atomic mass is 9.71. The molecule has 1 aliphatic carbocycles. The van der Waals surface area contributed by atoms with Gasteiger partial charge < -0.3 is 29.2 Å². The number of allylic oxidation sites excluding steroid dienone is 3. The molecule has 3 heterocycles. The Morgan fingerprint density at radius 2 is 2.02 bits per heavy atom. The van der Waals surface area contributed by atoms with E-state index < -0.39 is 11.7 Å². The number of aryl methyl sites for hydroxylation is 1. The fourth-order valence-corrected chi connectivity index (χ4v) is 6.04. The molecule has 41 heavy (non-hydrogen) atoms. The van der Waals surface area contributed by atoms with Crippen molar-refractivity contribution < 1.29 is 33.4 Å². The van der Waals surface area contributed by atoms with Gasteiger partial charge in [0, 0.05) is 25.2 Å². The molecule has 3 aliphatic rings. The van der Waals surface area contributed by atoms with Crippen LogP contribution in [0.3, 0.4) is 0 Å². The maximum atomic E-state index is 12.6. The van der Waals surface area contributed by atoms with Crippen molar-refractivity contribution in [1.29, 1.82) is 0 Å². The number of ether oxygens (including phenoxy) is 3. The zero-order valence-electron chi connectivity index (χ0n) is 25.0. The first-order valence-electron chi connectivity index (χ1n) is 14.7. The number of hydrogen-bond acceptors (Lipinski definition) is 9. The number of amides is 1. The van der Waals surface area contributed by atoms with E-state index in [-0.39, 0.29) is 53.8 Å². The van der Waals surface area contributed by atoms with Crippen molar-refractivity contribution >= 4 is 11.9 Å². The molecule has 10 nitrogen and oxygen atoms in total. The molecule has 3 fully saturated rings. The van der Waals surface area contributed by atoms with Gasteiger partial charge in [-0.05, 0) is 57.4 Å². The Morgan fingerprint density at radius 1 is 1.27 bits per heavy atom. The number of epoxide rings is 1. The Hall–Kier alpha value is -2.82. The van der Waals surface area contributed by atoms with Gasteiger partial charge in [-0.25, -0.2) is 0 Å². The molecule has 2 aliphatic heterocycles. The predicted octanol–water partition coefficient (Wildman–Crippen LogP) is 3.95. The van der Waals surface area contributed by atoms with Gasteiger partial charge in [-0.1, -0.05) is 48.9 Å². The van der Waals surface area contributed by atoms with E-state index in [4.69, 9.17) is 18.7 Å². The fourth-order valence-electron chi connectivity index (χ4n) is 6.04. The second-order valence-electron chi connectivity index (χ2n) is 12.1. The molecule has 226 valence electrons. The highest BCUT2D eigenvalue weighted by Gasteiger charge is 2.57. The van der Waals surface area contributed by atoms with Crippen molar-refractivity contribution in [3.8, 4) is 0 Å². The van der Waals surface area contributed by atoms with Gasteiger partial charge in [-0.3, -0.25) is 9.59 Å². The molecule has 1 aromatic rings. The number of aliphatic hydroxyl groups excluding tert-OH is 1. The Bertz CT molecular complexity index is 1150. The zero-order valence-corrected chi connectivity index (χ0v) is 25.0. The smallest absolute Gasteiger partial charge is 0.305 e. The second-order valence-corrected chi connectivity index (χ2v) is 12.1. The minimum Gasteiger partial charge on any atom is -0.469 e. The molecule has 1 spiro atoms. The third-order valence-electron chi connectivity index (χ3n) is 8.69. The number of carbonyl (C=O) groups is 2. The number of nitrogens with zero attached hydrogens (tertiary/aromatic N) is 2. The van der Waals surface area contributed by atoms with Crippen LogP contribution in [-0.2, 0) is 23.8 Å². The van der Waals surface area contributed by atoms with E-state index >= 15 is 0 Å². The SMILES string of the molecule is COC(=O)C[C@H]1C[C@H](/C=C/C(C)=C/C[C@@H]2O[C@H](C)[C@H](NC(=O)/C=C\C(C)c3noc(C)n3)C[C@@H]2C)[C@@H](O)[C@]2(CO2)C1. The Labute approximate surface area is 242 Å². The number of esters is 1. The number of carbonyl (C=O) groups excluding carboxylic acids is 2. The van der Waals surface area contributed by atoms with Crippen LogP contribution in [0, 0.1) is 24.7 Å². The lowest BCUT2D eigenvalue weighted by Gasteiger charge is -2.39. The van der Waals surface area contributed by atoms with Crippen LogP contribution in [0.25, 0.3) is 0 Å². The molecule has 2 saturated heterocycles. The van der Waals surface area contributed by atoms with E-state index in [0.717, 1.165) is 24.8 Å². The molecule has 1 amide bonds. The lowest BCUT2D eigenvalue weighted by Crippen LogP contribution is -2.50. The second kappa shape index (κ2) is 13.4. The van der Waals surface area contributed by atoms with E-state index in [1.165, 1.54) is 13.2 Å².